The van der Waals surface area contributed by atoms with Gasteiger partial charge in [-0.05, 0) is 43.4 Å². The molecule has 0 heterocycles. The van der Waals surface area contributed by atoms with Gasteiger partial charge in [0.2, 0.25) is 0 Å². The second-order valence-electron chi connectivity index (χ2n) is 8.52. The van der Waals surface area contributed by atoms with Crippen molar-refractivity contribution in [3.05, 3.63) is 0 Å². The molecule has 2 nitrogen and oxygen atoms in total. The molecule has 0 aromatic heterocycles. The molecule has 5 unspecified atom stereocenters. The van der Waals surface area contributed by atoms with Crippen molar-refractivity contribution in [2.45, 2.75) is 74.9 Å². The van der Waals surface area contributed by atoms with E-state index in [4.69, 9.17) is 0 Å². The van der Waals surface area contributed by atoms with Crippen LogP contribution < -0.4 is 0 Å². The first kappa shape index (κ1) is 26.3. The van der Waals surface area contributed by atoms with Gasteiger partial charge in [-0.25, -0.2) is 0 Å². The van der Waals surface area contributed by atoms with Crippen molar-refractivity contribution in [3.8, 4) is 0 Å². The van der Waals surface area contributed by atoms with E-state index in [2.05, 4.69) is 0 Å². The minimum atomic E-state index is -6.16. The van der Waals surface area contributed by atoms with E-state index in [0.717, 1.165) is 0 Å². The SMILES string of the molecule is CC1CCC(C(O)(C(F)(F)F)C(F)(F)F)C2CCC(C(O)(C(F)(F)F)C(F)(F)F)CC12. The van der Waals surface area contributed by atoms with Crippen LogP contribution in [-0.2, 0) is 0 Å². The van der Waals surface area contributed by atoms with E-state index < -0.39 is 91.2 Å². The maximum atomic E-state index is 13.3. The Labute approximate surface area is 168 Å². The Balaban J connectivity index is 2.47. The molecule has 184 valence electrons. The first-order valence-corrected chi connectivity index (χ1v) is 9.32. The summed E-state index contributed by atoms with van der Waals surface area (Å²) in [6.07, 6.45) is -28.8. The summed E-state index contributed by atoms with van der Waals surface area (Å²) in [5.41, 5.74) is -10.3. The number of alkyl halides is 12. The molecule has 2 saturated carbocycles. The summed E-state index contributed by atoms with van der Waals surface area (Å²) in [7, 11) is 0. The molecule has 0 spiro atoms. The Morgan fingerprint density at radius 2 is 0.968 bits per heavy atom. The molecule has 2 fully saturated rings. The topological polar surface area (TPSA) is 40.5 Å². The van der Waals surface area contributed by atoms with Gasteiger partial charge >= 0.3 is 24.7 Å². The maximum Gasteiger partial charge on any atom is 0.426 e. The summed E-state index contributed by atoms with van der Waals surface area (Å²) in [5, 5.41) is 19.4. The number of fused-ring (bicyclic) bond motifs is 1. The van der Waals surface area contributed by atoms with E-state index in [9.17, 15) is 62.9 Å². The predicted molar refractivity (Wildman–Crippen MR) is 80.3 cm³/mol. The number of halogens is 12. The molecule has 2 rings (SSSR count). The molecule has 0 bridgehead atoms. The summed E-state index contributed by atoms with van der Waals surface area (Å²) < 4.78 is 159. The standard InChI is InChI=1S/C17H20F12O2/c1-7-2-5-11(13(31,16(24,25)26)17(27,28)29)9-4-3-8(6-10(7)9)12(30,14(18,19)20)15(21,22)23/h7-11,30-31H,2-6H2,1H3. The number of hydrogen-bond acceptors (Lipinski definition) is 2. The summed E-state index contributed by atoms with van der Waals surface area (Å²) in [6.45, 7) is 1.30. The van der Waals surface area contributed by atoms with E-state index in [-0.39, 0.29) is 6.42 Å². The van der Waals surface area contributed by atoms with Crippen LogP contribution >= 0.6 is 0 Å². The highest BCUT2D eigenvalue weighted by atomic mass is 19.4. The van der Waals surface area contributed by atoms with E-state index in [1.807, 2.05) is 0 Å². The van der Waals surface area contributed by atoms with Crippen molar-refractivity contribution in [2.75, 3.05) is 0 Å². The highest BCUT2D eigenvalue weighted by molar-refractivity contribution is 5.08. The van der Waals surface area contributed by atoms with Crippen LogP contribution in [0, 0.1) is 29.6 Å². The monoisotopic (exact) mass is 484 g/mol. The Morgan fingerprint density at radius 1 is 0.548 bits per heavy atom. The third kappa shape index (κ3) is 3.99. The largest absolute Gasteiger partial charge is 0.426 e. The van der Waals surface area contributed by atoms with Crippen LogP contribution in [0.5, 0.6) is 0 Å². The summed E-state index contributed by atoms with van der Waals surface area (Å²) in [4.78, 5) is 0. The van der Waals surface area contributed by atoms with Gasteiger partial charge < -0.3 is 10.2 Å². The minimum absolute atomic E-state index is 0.372. The zero-order chi connectivity index (χ0) is 24.4. The average molecular weight is 484 g/mol. The van der Waals surface area contributed by atoms with Crippen molar-refractivity contribution in [1.82, 2.24) is 0 Å². The first-order chi connectivity index (χ1) is 13.6. The molecule has 31 heavy (non-hydrogen) atoms. The lowest BCUT2D eigenvalue weighted by Gasteiger charge is -2.54. The Kier molecular flexibility index (Phi) is 6.42. The van der Waals surface area contributed by atoms with Crippen LogP contribution in [0.3, 0.4) is 0 Å². The summed E-state index contributed by atoms with van der Waals surface area (Å²) in [5.74, 6) is -8.83. The lowest BCUT2D eigenvalue weighted by molar-refractivity contribution is -0.399. The number of hydrogen-bond donors (Lipinski definition) is 2. The van der Waals surface area contributed by atoms with Crippen LogP contribution in [0.1, 0.15) is 39.0 Å². The highest BCUT2D eigenvalue weighted by Crippen LogP contribution is 2.61. The van der Waals surface area contributed by atoms with Gasteiger partial charge in [-0.1, -0.05) is 13.3 Å². The molecule has 0 aromatic carbocycles. The molecular formula is C17H20F12O2. The molecule has 2 aliphatic rings. The maximum absolute atomic E-state index is 13.3. The van der Waals surface area contributed by atoms with Crippen molar-refractivity contribution >= 4 is 0 Å². The molecule has 0 amide bonds. The summed E-state index contributed by atoms with van der Waals surface area (Å²) in [6, 6.07) is 0. The second-order valence-corrected chi connectivity index (χ2v) is 8.52. The van der Waals surface area contributed by atoms with Gasteiger partial charge in [0.1, 0.15) is 0 Å². The molecule has 0 aromatic rings. The van der Waals surface area contributed by atoms with Gasteiger partial charge in [0.05, 0.1) is 0 Å². The highest BCUT2D eigenvalue weighted by Gasteiger charge is 2.77. The third-order valence-corrected chi connectivity index (χ3v) is 6.99. The van der Waals surface area contributed by atoms with E-state index >= 15 is 0 Å². The van der Waals surface area contributed by atoms with Crippen LogP contribution in [0.4, 0.5) is 52.7 Å². The number of aliphatic hydroxyl groups is 2. The van der Waals surface area contributed by atoms with E-state index in [1.165, 1.54) is 6.92 Å². The zero-order valence-corrected chi connectivity index (χ0v) is 15.9. The number of rotatable bonds is 2. The molecule has 0 aliphatic heterocycles. The van der Waals surface area contributed by atoms with E-state index in [0.29, 0.717) is 0 Å². The van der Waals surface area contributed by atoms with Crippen LogP contribution in [0.15, 0.2) is 0 Å². The fourth-order valence-corrected chi connectivity index (χ4v) is 5.36. The van der Waals surface area contributed by atoms with Gasteiger partial charge in [0.15, 0.2) is 0 Å². The van der Waals surface area contributed by atoms with Crippen molar-refractivity contribution in [2.24, 2.45) is 29.6 Å². The molecule has 0 radical (unpaired) electrons. The molecule has 0 saturated heterocycles. The Bertz CT molecular complexity index is 619. The first-order valence-electron chi connectivity index (χ1n) is 9.32. The lowest BCUT2D eigenvalue weighted by Crippen LogP contribution is -2.66. The van der Waals surface area contributed by atoms with Crippen LogP contribution in [0.2, 0.25) is 0 Å². The van der Waals surface area contributed by atoms with Gasteiger partial charge in [0.25, 0.3) is 11.2 Å². The van der Waals surface area contributed by atoms with Gasteiger partial charge in [-0.3, -0.25) is 0 Å². The second kappa shape index (κ2) is 7.56. The van der Waals surface area contributed by atoms with E-state index in [1.54, 1.807) is 0 Å². The fraction of sp³-hybridized carbons (Fsp3) is 1.00. The smallest absolute Gasteiger partial charge is 0.373 e. The average Bonchev–Trinajstić information content (AvgIpc) is 2.56. The zero-order valence-electron chi connectivity index (χ0n) is 15.9. The minimum Gasteiger partial charge on any atom is -0.373 e. The lowest BCUT2D eigenvalue weighted by atomic mass is 9.54. The normalized spacial score (nSPS) is 32.0. The van der Waals surface area contributed by atoms with Crippen molar-refractivity contribution in [3.63, 3.8) is 0 Å². The summed E-state index contributed by atoms with van der Waals surface area (Å²) >= 11 is 0. The van der Waals surface area contributed by atoms with Crippen molar-refractivity contribution in [1.29, 1.82) is 0 Å². The van der Waals surface area contributed by atoms with Crippen molar-refractivity contribution < 1.29 is 62.9 Å². The Hall–Kier alpha value is -0.920. The van der Waals surface area contributed by atoms with Crippen LogP contribution in [0.25, 0.3) is 0 Å². The molecule has 2 aliphatic carbocycles. The van der Waals surface area contributed by atoms with Crippen LogP contribution in [-0.4, -0.2) is 46.1 Å². The molecular weight excluding hydrogens is 464 g/mol. The quantitative estimate of drug-likeness (QED) is 0.489. The van der Waals surface area contributed by atoms with Gasteiger partial charge in [-0.15, -0.1) is 0 Å². The van der Waals surface area contributed by atoms with Gasteiger partial charge in [-0.2, -0.15) is 52.7 Å². The molecule has 14 heteroatoms. The predicted octanol–water partition coefficient (Wildman–Crippen LogP) is 5.78. The fourth-order valence-electron chi connectivity index (χ4n) is 5.36. The molecule has 2 N–H and O–H groups in total. The Morgan fingerprint density at radius 3 is 1.35 bits per heavy atom. The van der Waals surface area contributed by atoms with Gasteiger partial charge in [0, 0.05) is 11.8 Å². The third-order valence-electron chi connectivity index (χ3n) is 6.99. The molecule has 5 atom stereocenters.